The van der Waals surface area contributed by atoms with E-state index in [1.807, 2.05) is 45.9 Å². The van der Waals surface area contributed by atoms with E-state index < -0.39 is 0 Å². The molecule has 1 N–H and O–H groups in total. The first-order valence-corrected chi connectivity index (χ1v) is 9.51. The van der Waals surface area contributed by atoms with Gasteiger partial charge in [0.2, 0.25) is 5.91 Å². The predicted octanol–water partition coefficient (Wildman–Crippen LogP) is 3.41. The maximum Gasteiger partial charge on any atom is 0.257 e. The van der Waals surface area contributed by atoms with Gasteiger partial charge in [-0.1, -0.05) is 30.8 Å². The molecule has 0 saturated heterocycles. The number of anilines is 1. The Balaban J connectivity index is 1.81. The number of rotatable bonds is 4. The molecule has 0 aliphatic carbocycles. The number of aryl methyl sites for hydroxylation is 2. The van der Waals surface area contributed by atoms with Crippen molar-refractivity contribution in [1.82, 2.24) is 9.55 Å². The SMILES string of the molecule is CCc1c(C)nc2n(c1=O)C(CC(=O)Nc1cccc(C)c1C)CS2. The van der Waals surface area contributed by atoms with Gasteiger partial charge in [-0.05, 0) is 44.4 Å². The van der Waals surface area contributed by atoms with Crippen molar-refractivity contribution in [3.05, 3.63) is 50.9 Å². The summed E-state index contributed by atoms with van der Waals surface area (Å²) >= 11 is 1.55. The van der Waals surface area contributed by atoms with E-state index in [0.29, 0.717) is 12.2 Å². The number of thioether (sulfide) groups is 1. The van der Waals surface area contributed by atoms with Gasteiger partial charge in [0.15, 0.2) is 5.16 Å². The fourth-order valence-electron chi connectivity index (χ4n) is 3.18. The summed E-state index contributed by atoms with van der Waals surface area (Å²) in [4.78, 5) is 29.8. The second-order valence-electron chi connectivity index (χ2n) is 6.45. The van der Waals surface area contributed by atoms with Crippen LogP contribution in [0.1, 0.15) is 41.8 Å². The number of benzene rings is 1. The lowest BCUT2D eigenvalue weighted by Crippen LogP contribution is -2.30. The average molecular weight is 357 g/mol. The lowest BCUT2D eigenvalue weighted by atomic mass is 10.1. The molecule has 6 heteroatoms. The van der Waals surface area contributed by atoms with Crippen LogP contribution in [-0.2, 0) is 11.2 Å². The summed E-state index contributed by atoms with van der Waals surface area (Å²) in [6.07, 6.45) is 0.936. The molecule has 1 aliphatic heterocycles. The van der Waals surface area contributed by atoms with E-state index in [1.165, 1.54) is 0 Å². The molecular weight excluding hydrogens is 334 g/mol. The Morgan fingerprint density at radius 1 is 1.36 bits per heavy atom. The quantitative estimate of drug-likeness (QED) is 0.852. The van der Waals surface area contributed by atoms with E-state index in [0.717, 1.165) is 33.2 Å². The second-order valence-corrected chi connectivity index (χ2v) is 7.44. The number of carbonyl (C=O) groups excluding carboxylic acids is 1. The van der Waals surface area contributed by atoms with Crippen LogP contribution in [0.25, 0.3) is 0 Å². The normalized spacial score (nSPS) is 15.9. The zero-order chi connectivity index (χ0) is 18.1. The molecule has 0 fully saturated rings. The van der Waals surface area contributed by atoms with Crippen molar-refractivity contribution in [2.24, 2.45) is 0 Å². The minimum atomic E-state index is -0.143. The van der Waals surface area contributed by atoms with E-state index in [9.17, 15) is 9.59 Å². The van der Waals surface area contributed by atoms with Crippen LogP contribution in [0, 0.1) is 20.8 Å². The van der Waals surface area contributed by atoms with E-state index in [-0.39, 0.29) is 23.9 Å². The van der Waals surface area contributed by atoms with Gasteiger partial charge in [0.1, 0.15) is 0 Å². The van der Waals surface area contributed by atoms with Crippen molar-refractivity contribution in [2.75, 3.05) is 11.1 Å². The first-order chi connectivity index (χ1) is 11.9. The van der Waals surface area contributed by atoms with E-state index in [2.05, 4.69) is 10.3 Å². The maximum absolute atomic E-state index is 12.7. The summed E-state index contributed by atoms with van der Waals surface area (Å²) in [5, 5.41) is 3.71. The third-order valence-corrected chi connectivity index (χ3v) is 5.90. The van der Waals surface area contributed by atoms with E-state index in [4.69, 9.17) is 0 Å². The van der Waals surface area contributed by atoms with Gasteiger partial charge < -0.3 is 5.32 Å². The van der Waals surface area contributed by atoms with Crippen molar-refractivity contribution in [1.29, 1.82) is 0 Å². The first-order valence-electron chi connectivity index (χ1n) is 8.53. The molecule has 5 nitrogen and oxygen atoms in total. The molecule has 2 aromatic rings. The topological polar surface area (TPSA) is 64.0 Å². The zero-order valence-electron chi connectivity index (χ0n) is 15.0. The highest BCUT2D eigenvalue weighted by Gasteiger charge is 2.29. The summed E-state index contributed by atoms with van der Waals surface area (Å²) in [5.74, 6) is 0.632. The molecule has 1 aromatic heterocycles. The molecule has 0 spiro atoms. The lowest BCUT2D eigenvalue weighted by Gasteiger charge is -2.16. The van der Waals surface area contributed by atoms with Crippen LogP contribution in [0.3, 0.4) is 0 Å². The number of carbonyl (C=O) groups is 1. The van der Waals surface area contributed by atoms with Gasteiger partial charge in [-0.2, -0.15) is 0 Å². The summed E-state index contributed by atoms with van der Waals surface area (Å²) in [6, 6.07) is 5.72. The van der Waals surface area contributed by atoms with Crippen molar-refractivity contribution < 1.29 is 4.79 Å². The molecule has 25 heavy (non-hydrogen) atoms. The molecule has 1 aromatic carbocycles. The molecular formula is C19H23N3O2S. The van der Waals surface area contributed by atoms with Crippen LogP contribution in [0.2, 0.25) is 0 Å². The molecule has 1 amide bonds. The second kappa shape index (κ2) is 7.04. The molecule has 3 rings (SSSR count). The third kappa shape index (κ3) is 3.35. The Bertz CT molecular complexity index is 889. The summed E-state index contributed by atoms with van der Waals surface area (Å²) in [5.41, 5.74) is 4.58. The van der Waals surface area contributed by atoms with Gasteiger partial charge in [0.25, 0.3) is 5.56 Å². The van der Waals surface area contributed by atoms with Crippen LogP contribution >= 0.6 is 11.8 Å². The van der Waals surface area contributed by atoms with E-state index in [1.54, 1.807) is 16.3 Å². The van der Waals surface area contributed by atoms with Gasteiger partial charge >= 0.3 is 0 Å². The smallest absolute Gasteiger partial charge is 0.257 e. The van der Waals surface area contributed by atoms with E-state index >= 15 is 0 Å². The van der Waals surface area contributed by atoms with Gasteiger partial charge in [-0.15, -0.1) is 0 Å². The largest absolute Gasteiger partial charge is 0.326 e. The van der Waals surface area contributed by atoms with Crippen molar-refractivity contribution >= 4 is 23.4 Å². The molecule has 1 unspecified atom stereocenters. The molecule has 1 aliphatic rings. The average Bonchev–Trinajstić information content (AvgIpc) is 2.95. The molecule has 0 radical (unpaired) electrons. The van der Waals surface area contributed by atoms with Crippen molar-refractivity contribution in [2.45, 2.75) is 51.7 Å². The van der Waals surface area contributed by atoms with Crippen molar-refractivity contribution in [3.8, 4) is 0 Å². The molecule has 2 heterocycles. The number of hydrogen-bond donors (Lipinski definition) is 1. The Kier molecular flexibility index (Phi) is 4.99. The third-order valence-electron chi connectivity index (χ3n) is 4.81. The summed E-state index contributed by atoms with van der Waals surface area (Å²) < 4.78 is 1.71. The maximum atomic E-state index is 12.7. The predicted molar refractivity (Wildman–Crippen MR) is 102 cm³/mol. The Morgan fingerprint density at radius 3 is 2.84 bits per heavy atom. The summed E-state index contributed by atoms with van der Waals surface area (Å²) in [7, 11) is 0. The number of nitrogens with one attached hydrogen (secondary N) is 1. The van der Waals surface area contributed by atoms with Crippen LogP contribution in [0.15, 0.2) is 28.2 Å². The van der Waals surface area contributed by atoms with Gasteiger partial charge in [0, 0.05) is 29.1 Å². The highest BCUT2D eigenvalue weighted by Crippen LogP contribution is 2.33. The van der Waals surface area contributed by atoms with Gasteiger partial charge in [-0.3, -0.25) is 14.2 Å². The Morgan fingerprint density at radius 2 is 2.12 bits per heavy atom. The Labute approximate surface area is 151 Å². The zero-order valence-corrected chi connectivity index (χ0v) is 15.9. The fourth-order valence-corrected chi connectivity index (χ4v) is 4.36. The number of nitrogens with zero attached hydrogens (tertiary/aromatic N) is 2. The van der Waals surface area contributed by atoms with Crippen LogP contribution in [0.4, 0.5) is 5.69 Å². The summed E-state index contributed by atoms with van der Waals surface area (Å²) in [6.45, 7) is 7.86. The number of amides is 1. The molecule has 0 bridgehead atoms. The monoisotopic (exact) mass is 357 g/mol. The number of aromatic nitrogens is 2. The minimum absolute atomic E-state index is 0.000430. The highest BCUT2D eigenvalue weighted by molar-refractivity contribution is 7.99. The first kappa shape index (κ1) is 17.7. The van der Waals surface area contributed by atoms with Gasteiger partial charge in [0.05, 0.1) is 6.04 Å². The number of fused-ring (bicyclic) bond motifs is 1. The standard InChI is InChI=1S/C19H23N3O2S/c1-5-15-13(4)20-19-22(18(15)24)14(10-25-19)9-17(23)21-16-8-6-7-11(2)12(16)3/h6-8,14H,5,9-10H2,1-4H3,(H,21,23). The fraction of sp³-hybridized carbons (Fsp3) is 0.421. The minimum Gasteiger partial charge on any atom is -0.326 e. The molecule has 0 saturated carbocycles. The lowest BCUT2D eigenvalue weighted by molar-refractivity contribution is -0.116. The number of hydrogen-bond acceptors (Lipinski definition) is 4. The van der Waals surface area contributed by atoms with Crippen LogP contribution < -0.4 is 10.9 Å². The van der Waals surface area contributed by atoms with Gasteiger partial charge in [-0.25, -0.2) is 4.98 Å². The Hall–Kier alpha value is -2.08. The molecule has 132 valence electrons. The van der Waals surface area contributed by atoms with Crippen LogP contribution in [0.5, 0.6) is 0 Å². The molecule has 1 atom stereocenters. The van der Waals surface area contributed by atoms with Crippen LogP contribution in [-0.4, -0.2) is 21.2 Å². The highest BCUT2D eigenvalue weighted by atomic mass is 32.2. The van der Waals surface area contributed by atoms with Crippen molar-refractivity contribution in [3.63, 3.8) is 0 Å².